The monoisotopic (exact) mass is 660 g/mol. The third-order valence-electron chi connectivity index (χ3n) is 6.03. The standard InChI is InChI=1S/C28H41IN2O8/c1-17(2)11-25(34)31(8-6-10-38-18(3)4)22-14-20(28(36)30-7-9-32)15-23(26(22)35)39-27-21(29)12-19(16-33)13-24(27)37-5/h11-13,15,18,22-23,26,32-33,35H,6-10,14,16H2,1-5H3,(H,30,36)/t22-,23+,26+/m1/s1. The minimum absolute atomic E-state index is 0.0458. The van der Waals surface area contributed by atoms with Gasteiger partial charge in [0.15, 0.2) is 11.5 Å². The lowest BCUT2D eigenvalue weighted by Crippen LogP contribution is -2.55. The van der Waals surface area contributed by atoms with Gasteiger partial charge in [-0.2, -0.15) is 0 Å². The van der Waals surface area contributed by atoms with Crippen LogP contribution in [-0.2, 0) is 20.9 Å². The Kier molecular flexibility index (Phi) is 13.7. The van der Waals surface area contributed by atoms with Crippen LogP contribution < -0.4 is 14.8 Å². The molecule has 218 valence electrons. The summed E-state index contributed by atoms with van der Waals surface area (Å²) in [4.78, 5) is 27.9. The third kappa shape index (κ3) is 9.75. The molecule has 0 radical (unpaired) electrons. The highest BCUT2D eigenvalue weighted by Crippen LogP contribution is 2.37. The zero-order valence-corrected chi connectivity index (χ0v) is 25.4. The number of hydrogen-bond donors (Lipinski definition) is 4. The van der Waals surface area contributed by atoms with Gasteiger partial charge in [0.1, 0.15) is 12.2 Å². The van der Waals surface area contributed by atoms with Gasteiger partial charge in [-0.15, -0.1) is 0 Å². The highest BCUT2D eigenvalue weighted by Gasteiger charge is 2.40. The second-order valence-electron chi connectivity index (χ2n) is 9.81. The molecule has 2 rings (SSSR count). The van der Waals surface area contributed by atoms with E-state index in [0.29, 0.717) is 45.8 Å². The highest BCUT2D eigenvalue weighted by molar-refractivity contribution is 14.1. The van der Waals surface area contributed by atoms with Gasteiger partial charge in [0.05, 0.1) is 36.0 Å². The number of hydrogen-bond acceptors (Lipinski definition) is 8. The average molecular weight is 661 g/mol. The Morgan fingerprint density at radius 2 is 1.97 bits per heavy atom. The predicted molar refractivity (Wildman–Crippen MR) is 155 cm³/mol. The predicted octanol–water partition coefficient (Wildman–Crippen LogP) is 2.32. The number of aliphatic hydroxyl groups excluding tert-OH is 3. The van der Waals surface area contributed by atoms with Crippen LogP contribution in [0.2, 0.25) is 0 Å². The Morgan fingerprint density at radius 1 is 1.26 bits per heavy atom. The van der Waals surface area contributed by atoms with E-state index in [1.807, 2.05) is 27.7 Å². The summed E-state index contributed by atoms with van der Waals surface area (Å²) in [6, 6.07) is 2.61. The Bertz CT molecular complexity index is 1040. The van der Waals surface area contributed by atoms with E-state index in [0.717, 1.165) is 5.57 Å². The second-order valence-corrected chi connectivity index (χ2v) is 11.0. The number of carbonyl (C=O) groups is 2. The normalized spacial score (nSPS) is 18.8. The van der Waals surface area contributed by atoms with Crippen molar-refractivity contribution in [1.29, 1.82) is 0 Å². The summed E-state index contributed by atoms with van der Waals surface area (Å²) < 4.78 is 18.0. The maximum absolute atomic E-state index is 13.3. The SMILES string of the molecule is COc1cc(CO)cc(I)c1O[C@H]1C=C(C(=O)NCCO)C[C@@H](N(CCCOC(C)C)C(=O)C=C(C)C)[C@@H]1O. The molecule has 1 aliphatic rings. The van der Waals surface area contributed by atoms with Crippen molar-refractivity contribution in [3.8, 4) is 11.5 Å². The Hall–Kier alpha value is -2.19. The van der Waals surface area contributed by atoms with Crippen LogP contribution in [0, 0.1) is 3.57 Å². The summed E-state index contributed by atoms with van der Waals surface area (Å²) in [5, 5.41) is 33.0. The fourth-order valence-electron chi connectivity index (χ4n) is 4.22. The number of benzene rings is 1. The van der Waals surface area contributed by atoms with E-state index in [9.17, 15) is 24.9 Å². The van der Waals surface area contributed by atoms with Gasteiger partial charge in [-0.3, -0.25) is 9.59 Å². The van der Waals surface area contributed by atoms with Gasteiger partial charge in [0.2, 0.25) is 11.8 Å². The van der Waals surface area contributed by atoms with Gasteiger partial charge in [0.25, 0.3) is 0 Å². The van der Waals surface area contributed by atoms with Crippen molar-refractivity contribution in [3.05, 3.63) is 44.6 Å². The first-order chi connectivity index (χ1) is 18.5. The molecule has 0 aliphatic heterocycles. The van der Waals surface area contributed by atoms with Gasteiger partial charge >= 0.3 is 0 Å². The van der Waals surface area contributed by atoms with Crippen LogP contribution in [-0.4, -0.2) is 89.8 Å². The number of allylic oxidation sites excluding steroid dienone is 1. The number of nitrogens with one attached hydrogen (secondary N) is 1. The Balaban J connectivity index is 2.48. The molecule has 4 N–H and O–H groups in total. The average Bonchev–Trinajstić information content (AvgIpc) is 2.88. The van der Waals surface area contributed by atoms with E-state index in [1.54, 1.807) is 23.1 Å². The van der Waals surface area contributed by atoms with Crippen LogP contribution in [0.15, 0.2) is 35.4 Å². The third-order valence-corrected chi connectivity index (χ3v) is 6.83. The topological polar surface area (TPSA) is 138 Å². The number of halogens is 1. The lowest BCUT2D eigenvalue weighted by molar-refractivity contribution is -0.134. The first kappa shape index (κ1) is 33.0. The van der Waals surface area contributed by atoms with Crippen molar-refractivity contribution in [1.82, 2.24) is 10.2 Å². The van der Waals surface area contributed by atoms with Crippen molar-refractivity contribution in [2.75, 3.05) is 33.4 Å². The summed E-state index contributed by atoms with van der Waals surface area (Å²) in [5.74, 6) is 0.0190. The number of aliphatic hydroxyl groups is 3. The smallest absolute Gasteiger partial charge is 0.247 e. The van der Waals surface area contributed by atoms with Crippen molar-refractivity contribution < 1.29 is 39.1 Å². The van der Waals surface area contributed by atoms with Crippen LogP contribution >= 0.6 is 22.6 Å². The molecule has 10 nitrogen and oxygen atoms in total. The lowest BCUT2D eigenvalue weighted by Gasteiger charge is -2.40. The zero-order chi connectivity index (χ0) is 29.1. The first-order valence-corrected chi connectivity index (χ1v) is 14.1. The van der Waals surface area contributed by atoms with Gasteiger partial charge in [-0.25, -0.2) is 0 Å². The molecule has 2 amide bonds. The van der Waals surface area contributed by atoms with E-state index in [2.05, 4.69) is 27.9 Å². The maximum Gasteiger partial charge on any atom is 0.247 e. The molecular formula is C28H41IN2O8. The maximum atomic E-state index is 13.3. The summed E-state index contributed by atoms with van der Waals surface area (Å²) in [7, 11) is 1.47. The number of ether oxygens (including phenoxy) is 3. The summed E-state index contributed by atoms with van der Waals surface area (Å²) in [6.45, 7) is 7.91. The molecule has 1 aliphatic carbocycles. The van der Waals surface area contributed by atoms with Crippen molar-refractivity contribution >= 4 is 34.4 Å². The largest absolute Gasteiger partial charge is 0.493 e. The number of rotatable bonds is 14. The molecule has 39 heavy (non-hydrogen) atoms. The minimum atomic E-state index is -1.17. The molecule has 0 aromatic heterocycles. The molecule has 0 bridgehead atoms. The molecule has 0 saturated carbocycles. The molecule has 0 fully saturated rings. The van der Waals surface area contributed by atoms with Gasteiger partial charge in [-0.1, -0.05) is 5.57 Å². The highest BCUT2D eigenvalue weighted by atomic mass is 127. The summed E-state index contributed by atoms with van der Waals surface area (Å²) in [6.07, 6.45) is 1.59. The van der Waals surface area contributed by atoms with E-state index < -0.39 is 24.2 Å². The molecule has 3 atom stereocenters. The molecule has 0 saturated heterocycles. The van der Waals surface area contributed by atoms with E-state index in [1.165, 1.54) is 13.2 Å². The summed E-state index contributed by atoms with van der Waals surface area (Å²) in [5.41, 5.74) is 1.77. The van der Waals surface area contributed by atoms with E-state index in [4.69, 9.17) is 14.2 Å². The second kappa shape index (κ2) is 16.2. The molecule has 1 aromatic rings. The minimum Gasteiger partial charge on any atom is -0.493 e. The van der Waals surface area contributed by atoms with Gasteiger partial charge in [-0.05, 0) is 80.5 Å². The van der Waals surface area contributed by atoms with Gasteiger partial charge in [0, 0.05) is 37.8 Å². The lowest BCUT2D eigenvalue weighted by atomic mass is 9.88. The van der Waals surface area contributed by atoms with Gasteiger partial charge < -0.3 is 39.7 Å². The number of nitrogens with zero attached hydrogens (tertiary/aromatic N) is 1. The van der Waals surface area contributed by atoms with Crippen molar-refractivity contribution in [2.45, 2.75) is 71.5 Å². The quantitative estimate of drug-likeness (QED) is 0.136. The van der Waals surface area contributed by atoms with Crippen LogP contribution in [0.3, 0.4) is 0 Å². The fraction of sp³-hybridized carbons (Fsp3) is 0.571. The van der Waals surface area contributed by atoms with Crippen LogP contribution in [0.1, 0.15) is 46.1 Å². The molecule has 0 unspecified atom stereocenters. The molecule has 1 aromatic carbocycles. The Labute approximate surface area is 244 Å². The number of carbonyl (C=O) groups excluding carboxylic acids is 2. The van der Waals surface area contributed by atoms with E-state index >= 15 is 0 Å². The number of methoxy groups -OCH3 is 1. The van der Waals surface area contributed by atoms with Crippen LogP contribution in [0.4, 0.5) is 0 Å². The fourth-order valence-corrected chi connectivity index (χ4v) is 5.01. The Morgan fingerprint density at radius 3 is 2.56 bits per heavy atom. The molecule has 11 heteroatoms. The first-order valence-electron chi connectivity index (χ1n) is 13.0. The molecular weight excluding hydrogens is 619 g/mol. The summed E-state index contributed by atoms with van der Waals surface area (Å²) >= 11 is 2.06. The van der Waals surface area contributed by atoms with Crippen LogP contribution in [0.5, 0.6) is 11.5 Å². The molecule has 0 heterocycles. The number of amides is 2. The van der Waals surface area contributed by atoms with Crippen molar-refractivity contribution in [3.63, 3.8) is 0 Å². The van der Waals surface area contributed by atoms with E-state index in [-0.39, 0.29) is 38.2 Å². The van der Waals surface area contributed by atoms with Crippen molar-refractivity contribution in [2.24, 2.45) is 0 Å². The molecule has 0 spiro atoms. The van der Waals surface area contributed by atoms with Crippen LogP contribution in [0.25, 0.3) is 0 Å². The zero-order valence-electron chi connectivity index (χ0n) is 23.3.